The zero-order valence-electron chi connectivity index (χ0n) is 11.5. The van der Waals surface area contributed by atoms with Crippen LogP contribution in [0.4, 0.5) is 0 Å². The van der Waals surface area contributed by atoms with Crippen molar-refractivity contribution in [3.63, 3.8) is 0 Å². The Kier molecular flexibility index (Phi) is 5.65. The number of rotatable bonds is 5. The molecule has 1 N–H and O–H groups in total. The molecule has 0 bridgehead atoms. The molecule has 21 heavy (non-hydrogen) atoms. The number of carbonyl (C=O) groups excluding carboxylic acids is 1. The summed E-state index contributed by atoms with van der Waals surface area (Å²) in [6, 6.07) is 12.9. The molecule has 0 heterocycles. The Labute approximate surface area is 137 Å². The van der Waals surface area contributed by atoms with Crippen LogP contribution in [0.5, 0.6) is 5.75 Å². The molecule has 1 amide bonds. The molecule has 0 unspecified atom stereocenters. The van der Waals surface area contributed by atoms with Gasteiger partial charge in [0.2, 0.25) is 0 Å². The summed E-state index contributed by atoms with van der Waals surface area (Å²) < 4.78 is 5.90. The number of methoxy groups -OCH3 is 1. The molecule has 0 saturated heterocycles. The van der Waals surface area contributed by atoms with E-state index in [-0.39, 0.29) is 5.91 Å². The topological polar surface area (TPSA) is 38.3 Å². The Hall–Kier alpha value is -1.52. The van der Waals surface area contributed by atoms with E-state index in [1.807, 2.05) is 24.3 Å². The lowest BCUT2D eigenvalue weighted by molar-refractivity contribution is 0.0954. The summed E-state index contributed by atoms with van der Waals surface area (Å²) in [6.45, 7) is 0.574. The largest absolute Gasteiger partial charge is 0.496 e. The normalized spacial score (nSPS) is 10.2. The monoisotopic (exact) mass is 367 g/mol. The quantitative estimate of drug-likeness (QED) is 0.863. The highest BCUT2D eigenvalue weighted by Gasteiger charge is 2.08. The molecule has 0 aliphatic heterocycles. The van der Waals surface area contributed by atoms with Gasteiger partial charge < -0.3 is 10.1 Å². The highest BCUT2D eigenvalue weighted by atomic mass is 79.9. The average Bonchev–Trinajstić information content (AvgIpc) is 2.49. The predicted octanol–water partition coefficient (Wildman–Crippen LogP) is 4.08. The number of amides is 1. The van der Waals surface area contributed by atoms with Crippen LogP contribution in [0, 0.1) is 0 Å². The van der Waals surface area contributed by atoms with Crippen molar-refractivity contribution in [1.82, 2.24) is 5.32 Å². The predicted molar refractivity (Wildman–Crippen MR) is 88.2 cm³/mol. The van der Waals surface area contributed by atoms with Gasteiger partial charge in [-0.2, -0.15) is 0 Å². The molecule has 0 aliphatic carbocycles. The minimum absolute atomic E-state index is 0.104. The first-order valence-electron chi connectivity index (χ1n) is 6.46. The van der Waals surface area contributed by atoms with E-state index in [9.17, 15) is 4.79 Å². The van der Waals surface area contributed by atoms with Gasteiger partial charge in [0.15, 0.2) is 0 Å². The highest BCUT2D eigenvalue weighted by Crippen LogP contribution is 2.25. The lowest BCUT2D eigenvalue weighted by Gasteiger charge is -2.08. The van der Waals surface area contributed by atoms with Crippen molar-refractivity contribution < 1.29 is 9.53 Å². The van der Waals surface area contributed by atoms with Gasteiger partial charge >= 0.3 is 0 Å². The van der Waals surface area contributed by atoms with Crippen LogP contribution < -0.4 is 10.1 Å². The fourth-order valence-electron chi connectivity index (χ4n) is 1.88. The van der Waals surface area contributed by atoms with Crippen LogP contribution in [0.1, 0.15) is 15.9 Å². The van der Waals surface area contributed by atoms with Crippen molar-refractivity contribution in [2.45, 2.75) is 6.42 Å². The Morgan fingerprint density at radius 3 is 2.57 bits per heavy atom. The first-order chi connectivity index (χ1) is 10.1. The van der Waals surface area contributed by atoms with E-state index in [0.29, 0.717) is 22.9 Å². The molecule has 2 rings (SSSR count). The highest BCUT2D eigenvalue weighted by molar-refractivity contribution is 9.10. The number of hydrogen-bond acceptors (Lipinski definition) is 2. The Morgan fingerprint density at radius 2 is 1.95 bits per heavy atom. The van der Waals surface area contributed by atoms with Gasteiger partial charge in [-0.1, -0.05) is 23.7 Å². The first kappa shape index (κ1) is 15.9. The molecule has 0 spiro atoms. The molecule has 2 aromatic rings. The van der Waals surface area contributed by atoms with Crippen LogP contribution in [0.25, 0.3) is 0 Å². The molecular formula is C16H15BrClNO2. The first-order valence-corrected chi connectivity index (χ1v) is 7.63. The van der Waals surface area contributed by atoms with Gasteiger partial charge in [0.25, 0.3) is 5.91 Å². The smallest absolute Gasteiger partial charge is 0.251 e. The summed E-state index contributed by atoms with van der Waals surface area (Å²) in [7, 11) is 1.59. The molecular weight excluding hydrogens is 354 g/mol. The molecule has 0 radical (unpaired) electrons. The van der Waals surface area contributed by atoms with Crippen LogP contribution in [0.3, 0.4) is 0 Å². The van der Waals surface area contributed by atoms with Crippen molar-refractivity contribution >= 4 is 33.4 Å². The number of halogens is 2. The fourth-order valence-corrected chi connectivity index (χ4v) is 2.55. The molecule has 0 atom stereocenters. The second-order valence-corrected chi connectivity index (χ2v) is 5.77. The molecule has 0 aliphatic rings. The van der Waals surface area contributed by atoms with E-state index in [1.165, 1.54) is 0 Å². The minimum Gasteiger partial charge on any atom is -0.496 e. The van der Waals surface area contributed by atoms with Crippen molar-refractivity contribution in [2.75, 3.05) is 13.7 Å². The lowest BCUT2D eigenvalue weighted by atomic mass is 10.1. The number of hydrogen-bond donors (Lipinski definition) is 1. The van der Waals surface area contributed by atoms with Gasteiger partial charge in [0.05, 0.1) is 11.6 Å². The third kappa shape index (κ3) is 4.48. The zero-order valence-corrected chi connectivity index (χ0v) is 13.9. The molecule has 0 saturated carbocycles. The lowest BCUT2D eigenvalue weighted by Crippen LogP contribution is -2.25. The summed E-state index contributed by atoms with van der Waals surface area (Å²) in [5.74, 6) is 0.597. The second-order valence-electron chi connectivity index (χ2n) is 4.48. The van der Waals surface area contributed by atoms with E-state index in [0.717, 1.165) is 16.5 Å². The maximum Gasteiger partial charge on any atom is 0.251 e. The number of carbonyl (C=O) groups is 1. The van der Waals surface area contributed by atoms with Gasteiger partial charge in [0, 0.05) is 17.1 Å². The summed E-state index contributed by atoms with van der Waals surface area (Å²) in [5.41, 5.74) is 1.73. The summed E-state index contributed by atoms with van der Waals surface area (Å²) >= 11 is 9.20. The SMILES string of the molecule is COc1ccc(C(=O)NCCc2ccc(Cl)cc2)cc1Br. The third-order valence-electron chi connectivity index (χ3n) is 3.03. The van der Waals surface area contributed by atoms with E-state index in [1.54, 1.807) is 25.3 Å². The Morgan fingerprint density at radius 1 is 1.24 bits per heavy atom. The summed E-state index contributed by atoms with van der Waals surface area (Å²) in [4.78, 5) is 12.0. The van der Waals surface area contributed by atoms with Crippen molar-refractivity contribution in [3.8, 4) is 5.75 Å². The molecule has 0 aromatic heterocycles. The summed E-state index contributed by atoms with van der Waals surface area (Å²) in [6.07, 6.45) is 0.764. The van der Waals surface area contributed by atoms with E-state index >= 15 is 0 Å². The molecule has 3 nitrogen and oxygen atoms in total. The van der Waals surface area contributed by atoms with Crippen LogP contribution in [-0.4, -0.2) is 19.6 Å². The number of nitrogens with one attached hydrogen (secondary N) is 1. The number of ether oxygens (including phenoxy) is 1. The van der Waals surface area contributed by atoms with Crippen molar-refractivity contribution in [1.29, 1.82) is 0 Å². The van der Waals surface area contributed by atoms with Gasteiger partial charge in [-0.15, -0.1) is 0 Å². The molecule has 5 heteroatoms. The second kappa shape index (κ2) is 7.48. The zero-order chi connectivity index (χ0) is 15.2. The van der Waals surface area contributed by atoms with E-state index < -0.39 is 0 Å². The maximum atomic E-state index is 12.0. The number of benzene rings is 2. The van der Waals surface area contributed by atoms with Crippen LogP contribution >= 0.6 is 27.5 Å². The van der Waals surface area contributed by atoms with Crippen molar-refractivity contribution in [3.05, 3.63) is 63.1 Å². The third-order valence-corrected chi connectivity index (χ3v) is 3.90. The van der Waals surface area contributed by atoms with Crippen LogP contribution in [0.2, 0.25) is 5.02 Å². The van der Waals surface area contributed by atoms with Crippen molar-refractivity contribution in [2.24, 2.45) is 0 Å². The van der Waals surface area contributed by atoms with Gasteiger partial charge in [-0.3, -0.25) is 4.79 Å². The Bertz CT molecular complexity index is 629. The minimum atomic E-state index is -0.104. The molecule has 2 aromatic carbocycles. The van der Waals surface area contributed by atoms with Gasteiger partial charge in [-0.25, -0.2) is 0 Å². The van der Waals surface area contributed by atoms with E-state index in [2.05, 4.69) is 21.2 Å². The average molecular weight is 369 g/mol. The molecule has 110 valence electrons. The molecule has 0 fully saturated rings. The van der Waals surface area contributed by atoms with E-state index in [4.69, 9.17) is 16.3 Å². The van der Waals surface area contributed by atoms with Crippen LogP contribution in [-0.2, 0) is 6.42 Å². The standard InChI is InChI=1S/C16H15BrClNO2/c1-21-15-7-4-12(10-14(15)17)16(20)19-9-8-11-2-5-13(18)6-3-11/h2-7,10H,8-9H2,1H3,(H,19,20). The van der Waals surface area contributed by atoms with Gasteiger partial charge in [-0.05, 0) is 58.2 Å². The van der Waals surface area contributed by atoms with Gasteiger partial charge in [0.1, 0.15) is 5.75 Å². The Balaban J connectivity index is 1.89. The maximum absolute atomic E-state index is 12.0. The summed E-state index contributed by atoms with van der Waals surface area (Å²) in [5, 5.41) is 3.61. The fraction of sp³-hybridized carbons (Fsp3) is 0.188. The van der Waals surface area contributed by atoms with Crippen LogP contribution in [0.15, 0.2) is 46.9 Å².